The molecule has 1 aromatic carbocycles. The van der Waals surface area contributed by atoms with Crippen LogP contribution in [0.2, 0.25) is 19.6 Å². The molecule has 0 spiro atoms. The monoisotopic (exact) mass is 387 g/mol. The number of alkyl halides is 1. The van der Waals surface area contributed by atoms with E-state index in [1.165, 1.54) is 6.07 Å². The SMILES string of the molecule is C=NC(C)(CI)c1cc(C#C[Si](C)(C)C)ccc1F. The number of hydrogen-bond acceptors (Lipinski definition) is 1. The van der Waals surface area contributed by atoms with Gasteiger partial charge in [0.2, 0.25) is 0 Å². The van der Waals surface area contributed by atoms with Crippen LogP contribution in [0.25, 0.3) is 0 Å². The van der Waals surface area contributed by atoms with Crippen LogP contribution in [0.5, 0.6) is 0 Å². The maximum atomic E-state index is 14.0. The van der Waals surface area contributed by atoms with Crippen molar-refractivity contribution >= 4 is 37.4 Å². The molecular formula is C15H19FINSi. The van der Waals surface area contributed by atoms with Gasteiger partial charge in [-0.15, -0.1) is 5.54 Å². The summed E-state index contributed by atoms with van der Waals surface area (Å²) in [7, 11) is -1.43. The molecule has 0 saturated heterocycles. The van der Waals surface area contributed by atoms with Gasteiger partial charge in [0.15, 0.2) is 0 Å². The standard InChI is InChI=1S/C15H19FINSi/c1-15(11-17,18-2)13-10-12(6-7-14(13)16)8-9-19(3,4)5/h6-7,10H,2,11H2,1,3-5H3. The van der Waals surface area contributed by atoms with E-state index in [4.69, 9.17) is 0 Å². The second-order valence-electron chi connectivity index (χ2n) is 5.76. The molecule has 19 heavy (non-hydrogen) atoms. The Bertz CT molecular complexity index is 539. The van der Waals surface area contributed by atoms with Crippen LogP contribution in [-0.2, 0) is 5.54 Å². The first kappa shape index (κ1) is 16.4. The van der Waals surface area contributed by atoms with Gasteiger partial charge in [0, 0.05) is 15.6 Å². The van der Waals surface area contributed by atoms with Gasteiger partial charge < -0.3 is 0 Å². The summed E-state index contributed by atoms with van der Waals surface area (Å²) < 4.78 is 14.7. The largest absolute Gasteiger partial charge is 0.289 e. The van der Waals surface area contributed by atoms with Crippen molar-refractivity contribution in [1.29, 1.82) is 0 Å². The summed E-state index contributed by atoms with van der Waals surface area (Å²) in [5, 5.41) is 0. The van der Waals surface area contributed by atoms with Crippen molar-refractivity contribution in [3.8, 4) is 11.5 Å². The summed E-state index contributed by atoms with van der Waals surface area (Å²) in [6.07, 6.45) is 0. The van der Waals surface area contributed by atoms with Gasteiger partial charge >= 0.3 is 0 Å². The fourth-order valence-electron chi connectivity index (χ4n) is 1.47. The van der Waals surface area contributed by atoms with E-state index in [2.05, 4.69) is 65.4 Å². The van der Waals surface area contributed by atoms with E-state index < -0.39 is 13.6 Å². The molecule has 1 rings (SSSR count). The zero-order valence-electron chi connectivity index (χ0n) is 11.8. The molecule has 0 bridgehead atoms. The molecule has 4 heteroatoms. The highest BCUT2D eigenvalue weighted by Crippen LogP contribution is 2.30. The smallest absolute Gasteiger partial charge is 0.129 e. The van der Waals surface area contributed by atoms with Crippen LogP contribution in [0, 0.1) is 17.3 Å². The third-order valence-corrected chi connectivity index (χ3v) is 5.10. The number of halogens is 2. The van der Waals surface area contributed by atoms with Crippen molar-refractivity contribution < 1.29 is 4.39 Å². The Labute approximate surface area is 129 Å². The van der Waals surface area contributed by atoms with Crippen molar-refractivity contribution in [2.75, 3.05) is 4.43 Å². The minimum atomic E-state index is -1.43. The molecule has 0 aromatic heterocycles. The summed E-state index contributed by atoms with van der Waals surface area (Å²) in [6.45, 7) is 12.0. The molecule has 102 valence electrons. The number of aliphatic imine (C=N–C) groups is 1. The van der Waals surface area contributed by atoms with E-state index in [0.717, 1.165) is 5.56 Å². The third-order valence-electron chi connectivity index (χ3n) is 2.74. The van der Waals surface area contributed by atoms with E-state index in [1.54, 1.807) is 12.1 Å². The van der Waals surface area contributed by atoms with Gasteiger partial charge in [-0.1, -0.05) is 48.2 Å². The highest BCUT2D eigenvalue weighted by atomic mass is 127. The molecule has 1 unspecified atom stereocenters. The molecule has 1 aromatic rings. The van der Waals surface area contributed by atoms with Crippen molar-refractivity contribution in [3.05, 3.63) is 35.1 Å². The highest BCUT2D eigenvalue weighted by Gasteiger charge is 2.26. The van der Waals surface area contributed by atoms with Gasteiger partial charge in [-0.25, -0.2) is 4.39 Å². The predicted octanol–water partition coefficient (Wildman–Crippen LogP) is 4.41. The Morgan fingerprint density at radius 2 is 2.05 bits per heavy atom. The molecule has 0 amide bonds. The van der Waals surface area contributed by atoms with Crippen molar-refractivity contribution in [1.82, 2.24) is 0 Å². The molecule has 0 fully saturated rings. The predicted molar refractivity (Wildman–Crippen MR) is 92.4 cm³/mol. The first-order chi connectivity index (χ1) is 8.72. The lowest BCUT2D eigenvalue weighted by molar-refractivity contribution is 0.519. The average Bonchev–Trinajstić information content (AvgIpc) is 2.36. The van der Waals surface area contributed by atoms with E-state index in [0.29, 0.717) is 9.99 Å². The van der Waals surface area contributed by atoms with Crippen LogP contribution >= 0.6 is 22.6 Å². The topological polar surface area (TPSA) is 12.4 Å². The number of rotatable bonds is 3. The second-order valence-corrected chi connectivity index (χ2v) is 11.3. The fraction of sp³-hybridized carbons (Fsp3) is 0.400. The van der Waals surface area contributed by atoms with Crippen LogP contribution in [0.4, 0.5) is 4.39 Å². The van der Waals surface area contributed by atoms with Crippen LogP contribution in [0.1, 0.15) is 18.1 Å². The van der Waals surface area contributed by atoms with Crippen LogP contribution in [0.3, 0.4) is 0 Å². The van der Waals surface area contributed by atoms with Crippen molar-refractivity contribution in [2.45, 2.75) is 32.1 Å². The van der Waals surface area contributed by atoms with Gasteiger partial charge in [0.25, 0.3) is 0 Å². The zero-order chi connectivity index (χ0) is 14.7. The minimum Gasteiger partial charge on any atom is -0.289 e. The molecular weight excluding hydrogens is 368 g/mol. The second kappa shape index (κ2) is 6.19. The lowest BCUT2D eigenvalue weighted by Crippen LogP contribution is -2.22. The Kier molecular flexibility index (Phi) is 5.33. The molecule has 0 heterocycles. The van der Waals surface area contributed by atoms with Gasteiger partial charge in [0.05, 0.1) is 5.54 Å². The van der Waals surface area contributed by atoms with E-state index in [-0.39, 0.29) is 5.82 Å². The van der Waals surface area contributed by atoms with Crippen molar-refractivity contribution in [2.24, 2.45) is 4.99 Å². The van der Waals surface area contributed by atoms with E-state index >= 15 is 0 Å². The normalized spacial score (nSPS) is 14.2. The molecule has 1 nitrogen and oxygen atoms in total. The van der Waals surface area contributed by atoms with Crippen LogP contribution < -0.4 is 0 Å². The lowest BCUT2D eigenvalue weighted by atomic mass is 9.93. The quantitative estimate of drug-likeness (QED) is 0.240. The summed E-state index contributed by atoms with van der Waals surface area (Å²) >= 11 is 2.20. The van der Waals surface area contributed by atoms with Crippen LogP contribution in [-0.4, -0.2) is 19.2 Å². The van der Waals surface area contributed by atoms with Gasteiger partial charge in [-0.05, 0) is 31.8 Å². The maximum absolute atomic E-state index is 14.0. The first-order valence-electron chi connectivity index (χ1n) is 6.09. The number of hydrogen-bond donors (Lipinski definition) is 0. The molecule has 0 aliphatic heterocycles. The molecule has 0 N–H and O–H groups in total. The Morgan fingerprint density at radius 3 is 2.53 bits per heavy atom. The fourth-order valence-corrected chi connectivity index (χ4v) is 2.65. The molecule has 0 saturated carbocycles. The summed E-state index contributed by atoms with van der Waals surface area (Å²) in [4.78, 5) is 4.08. The Morgan fingerprint density at radius 1 is 1.42 bits per heavy atom. The Hall–Kier alpha value is -0.673. The average molecular weight is 387 g/mol. The van der Waals surface area contributed by atoms with Crippen LogP contribution in [0.15, 0.2) is 23.2 Å². The van der Waals surface area contributed by atoms with Gasteiger partial charge in [0.1, 0.15) is 13.9 Å². The maximum Gasteiger partial charge on any atom is 0.129 e. The zero-order valence-corrected chi connectivity index (χ0v) is 15.0. The molecule has 0 radical (unpaired) electrons. The summed E-state index contributed by atoms with van der Waals surface area (Å²) in [5.74, 6) is 2.91. The van der Waals surface area contributed by atoms with E-state index in [1.807, 2.05) is 6.92 Å². The highest BCUT2D eigenvalue weighted by molar-refractivity contribution is 14.1. The molecule has 1 atom stereocenters. The van der Waals surface area contributed by atoms with E-state index in [9.17, 15) is 4.39 Å². The summed E-state index contributed by atoms with van der Waals surface area (Å²) in [5.41, 5.74) is 4.11. The Balaban J connectivity index is 3.28. The van der Waals surface area contributed by atoms with Crippen molar-refractivity contribution in [3.63, 3.8) is 0 Å². The third kappa shape index (κ3) is 4.43. The van der Waals surface area contributed by atoms with Gasteiger partial charge in [-0.2, -0.15) is 0 Å². The molecule has 0 aliphatic carbocycles. The first-order valence-corrected chi connectivity index (χ1v) is 11.1. The minimum absolute atomic E-state index is 0.245. The number of nitrogens with zero attached hydrogens (tertiary/aromatic N) is 1. The number of benzene rings is 1. The van der Waals surface area contributed by atoms with Gasteiger partial charge in [-0.3, -0.25) is 4.99 Å². The molecule has 0 aliphatic rings. The summed E-state index contributed by atoms with van der Waals surface area (Å²) in [6, 6.07) is 5.00. The lowest BCUT2D eigenvalue weighted by Gasteiger charge is -2.23.